The van der Waals surface area contributed by atoms with E-state index in [0.717, 1.165) is 24.8 Å². The van der Waals surface area contributed by atoms with Gasteiger partial charge in [-0.3, -0.25) is 9.59 Å². The number of carbonyl (C=O) groups excluding carboxylic acids is 1. The number of nitrogen functional groups attached to an aromatic ring is 1. The van der Waals surface area contributed by atoms with Gasteiger partial charge in [0.2, 0.25) is 5.43 Å². The third-order valence-electron chi connectivity index (χ3n) is 4.51. The number of aryl methyl sites for hydroxylation is 1. The van der Waals surface area contributed by atoms with Crippen molar-refractivity contribution in [3.05, 3.63) is 40.2 Å². The first-order valence-corrected chi connectivity index (χ1v) is 8.33. The van der Waals surface area contributed by atoms with Crippen molar-refractivity contribution in [1.82, 2.24) is 9.47 Å². The van der Waals surface area contributed by atoms with Crippen LogP contribution in [0.1, 0.15) is 29.6 Å². The highest BCUT2D eigenvalue weighted by atomic mass is 16.5. The minimum Gasteiger partial charge on any atom is -0.398 e. The lowest BCUT2D eigenvalue weighted by atomic mass is 10.1. The first-order chi connectivity index (χ1) is 11.6. The Morgan fingerprint density at radius 2 is 2.04 bits per heavy atom. The zero-order valence-electron chi connectivity index (χ0n) is 14.0. The quantitative estimate of drug-likeness (QED) is 0.671. The molecule has 128 valence electrons. The molecular formula is C18H23N3O3. The molecule has 0 aliphatic carbocycles. The molecule has 0 unspecified atom stereocenters. The number of hydrogen-bond acceptors (Lipinski definition) is 4. The molecule has 2 aromatic rings. The molecule has 1 amide bonds. The predicted molar refractivity (Wildman–Crippen MR) is 94.3 cm³/mol. The molecule has 1 aliphatic heterocycles. The molecule has 1 saturated heterocycles. The maximum Gasteiger partial charge on any atom is 0.259 e. The van der Waals surface area contributed by atoms with Crippen molar-refractivity contribution < 1.29 is 9.53 Å². The Morgan fingerprint density at radius 1 is 1.29 bits per heavy atom. The lowest BCUT2D eigenvalue weighted by molar-refractivity contribution is 0.0791. The average molecular weight is 329 g/mol. The van der Waals surface area contributed by atoms with Gasteiger partial charge in [0.05, 0.1) is 10.9 Å². The highest BCUT2D eigenvalue weighted by Crippen LogP contribution is 2.20. The maximum atomic E-state index is 12.9. The van der Waals surface area contributed by atoms with Crippen molar-refractivity contribution in [1.29, 1.82) is 0 Å². The summed E-state index contributed by atoms with van der Waals surface area (Å²) >= 11 is 0. The molecule has 1 aromatic heterocycles. The number of rotatable bonds is 5. The normalized spacial score (nSPS) is 14.5. The second-order valence-corrected chi connectivity index (χ2v) is 6.15. The second kappa shape index (κ2) is 7.05. The van der Waals surface area contributed by atoms with Gasteiger partial charge in [-0.2, -0.15) is 0 Å². The largest absolute Gasteiger partial charge is 0.398 e. The molecule has 24 heavy (non-hydrogen) atoms. The number of benzene rings is 1. The number of anilines is 1. The summed E-state index contributed by atoms with van der Waals surface area (Å²) in [6.45, 7) is 2.70. The summed E-state index contributed by atoms with van der Waals surface area (Å²) in [6, 6.07) is 5.39. The number of nitrogens with two attached hydrogens (primary N) is 1. The number of amides is 1. The molecule has 0 atom stereocenters. The Morgan fingerprint density at radius 3 is 2.75 bits per heavy atom. The van der Waals surface area contributed by atoms with Crippen LogP contribution in [0.15, 0.2) is 29.2 Å². The number of methoxy groups -OCH3 is 1. The lowest BCUT2D eigenvalue weighted by Gasteiger charge is -2.18. The van der Waals surface area contributed by atoms with Crippen LogP contribution < -0.4 is 11.2 Å². The molecule has 0 radical (unpaired) electrons. The Kier molecular flexibility index (Phi) is 4.85. The van der Waals surface area contributed by atoms with Gasteiger partial charge >= 0.3 is 0 Å². The van der Waals surface area contributed by atoms with Gasteiger partial charge < -0.3 is 19.9 Å². The SMILES string of the molecule is COCCCn1cc(C(=O)N2CCCC2)c(=O)c2c(N)cccc21. The summed E-state index contributed by atoms with van der Waals surface area (Å²) in [7, 11) is 1.66. The second-order valence-electron chi connectivity index (χ2n) is 6.15. The molecule has 1 aliphatic rings. The molecule has 1 fully saturated rings. The zero-order chi connectivity index (χ0) is 17.1. The molecule has 2 heterocycles. The van der Waals surface area contributed by atoms with E-state index >= 15 is 0 Å². The number of ether oxygens (including phenoxy) is 1. The van der Waals surface area contributed by atoms with Crippen LogP contribution in [0.3, 0.4) is 0 Å². The van der Waals surface area contributed by atoms with E-state index in [-0.39, 0.29) is 16.9 Å². The van der Waals surface area contributed by atoms with E-state index < -0.39 is 0 Å². The molecular weight excluding hydrogens is 306 g/mol. The van der Waals surface area contributed by atoms with Gasteiger partial charge in [0.15, 0.2) is 0 Å². The third-order valence-corrected chi connectivity index (χ3v) is 4.51. The average Bonchev–Trinajstić information content (AvgIpc) is 3.11. The van der Waals surface area contributed by atoms with E-state index in [2.05, 4.69) is 0 Å². The van der Waals surface area contributed by atoms with Crippen molar-refractivity contribution in [3.8, 4) is 0 Å². The van der Waals surface area contributed by atoms with Gasteiger partial charge in [-0.15, -0.1) is 0 Å². The number of hydrogen-bond donors (Lipinski definition) is 1. The van der Waals surface area contributed by atoms with Crippen molar-refractivity contribution in [2.24, 2.45) is 0 Å². The summed E-state index contributed by atoms with van der Waals surface area (Å²) in [4.78, 5) is 27.4. The van der Waals surface area contributed by atoms with Crippen molar-refractivity contribution in [2.45, 2.75) is 25.8 Å². The first-order valence-electron chi connectivity index (χ1n) is 8.33. The minimum absolute atomic E-state index is 0.192. The monoisotopic (exact) mass is 329 g/mol. The van der Waals surface area contributed by atoms with Gasteiger partial charge in [0.1, 0.15) is 5.56 Å². The van der Waals surface area contributed by atoms with Crippen LogP contribution in [0.25, 0.3) is 10.9 Å². The predicted octanol–water partition coefficient (Wildman–Crippen LogP) is 1.86. The molecule has 0 spiro atoms. The Labute approximate surface area is 140 Å². The van der Waals surface area contributed by atoms with Crippen LogP contribution in [0, 0.1) is 0 Å². The minimum atomic E-state index is -0.275. The lowest BCUT2D eigenvalue weighted by Crippen LogP contribution is -2.32. The molecule has 0 saturated carbocycles. The first kappa shape index (κ1) is 16.5. The highest BCUT2D eigenvalue weighted by molar-refractivity contribution is 6.00. The number of fused-ring (bicyclic) bond motifs is 1. The van der Waals surface area contributed by atoms with Crippen LogP contribution >= 0.6 is 0 Å². The molecule has 2 N–H and O–H groups in total. The molecule has 1 aromatic carbocycles. The molecule has 0 bridgehead atoms. The van der Waals surface area contributed by atoms with Gasteiger partial charge in [-0.25, -0.2) is 0 Å². The zero-order valence-corrected chi connectivity index (χ0v) is 14.0. The van der Waals surface area contributed by atoms with E-state index in [0.29, 0.717) is 37.3 Å². The fraction of sp³-hybridized carbons (Fsp3) is 0.444. The van der Waals surface area contributed by atoms with Crippen LogP contribution in [0.5, 0.6) is 0 Å². The molecule has 6 heteroatoms. The maximum absolute atomic E-state index is 12.9. The van der Waals surface area contributed by atoms with Crippen LogP contribution in [-0.2, 0) is 11.3 Å². The van der Waals surface area contributed by atoms with Crippen LogP contribution in [-0.4, -0.2) is 42.2 Å². The number of carbonyl (C=O) groups is 1. The third kappa shape index (κ3) is 3.01. The smallest absolute Gasteiger partial charge is 0.259 e. The number of likely N-dealkylation sites (tertiary alicyclic amines) is 1. The van der Waals surface area contributed by atoms with E-state index in [9.17, 15) is 9.59 Å². The summed E-state index contributed by atoms with van der Waals surface area (Å²) in [5.74, 6) is -0.192. The van der Waals surface area contributed by atoms with Crippen molar-refractivity contribution >= 4 is 22.5 Å². The highest BCUT2D eigenvalue weighted by Gasteiger charge is 2.24. The summed E-state index contributed by atoms with van der Waals surface area (Å²) in [5.41, 5.74) is 7.14. The van der Waals surface area contributed by atoms with Crippen molar-refractivity contribution in [3.63, 3.8) is 0 Å². The van der Waals surface area contributed by atoms with Crippen LogP contribution in [0.4, 0.5) is 5.69 Å². The summed E-state index contributed by atoms with van der Waals surface area (Å²) < 4.78 is 7.05. The van der Waals surface area contributed by atoms with E-state index in [1.165, 1.54) is 0 Å². The number of aromatic nitrogens is 1. The molecule has 3 rings (SSSR count). The van der Waals surface area contributed by atoms with Gasteiger partial charge in [0.25, 0.3) is 5.91 Å². The van der Waals surface area contributed by atoms with Crippen LogP contribution in [0.2, 0.25) is 0 Å². The Bertz CT molecular complexity index is 807. The van der Waals surface area contributed by atoms with E-state index in [4.69, 9.17) is 10.5 Å². The summed E-state index contributed by atoms with van der Waals surface area (Å²) in [6.07, 6.45) is 4.45. The standard InChI is InChI=1S/C18H23N3O3/c1-24-11-5-10-21-12-13(18(23)20-8-2-3-9-20)17(22)16-14(19)6-4-7-15(16)21/h4,6-7,12H,2-3,5,8-11,19H2,1H3. The van der Waals surface area contributed by atoms with Gasteiger partial charge in [-0.1, -0.05) is 6.07 Å². The number of pyridine rings is 1. The van der Waals surface area contributed by atoms with E-state index in [1.54, 1.807) is 24.3 Å². The van der Waals surface area contributed by atoms with E-state index in [1.807, 2.05) is 16.7 Å². The summed E-state index contributed by atoms with van der Waals surface area (Å²) in [5, 5.41) is 0.431. The van der Waals surface area contributed by atoms with Gasteiger partial charge in [0, 0.05) is 45.2 Å². The fourth-order valence-electron chi connectivity index (χ4n) is 3.27. The topological polar surface area (TPSA) is 77.6 Å². The molecule has 6 nitrogen and oxygen atoms in total. The Hall–Kier alpha value is -2.34. The fourth-order valence-corrected chi connectivity index (χ4v) is 3.27. The number of nitrogens with zero attached hydrogens (tertiary/aromatic N) is 2. The Balaban J connectivity index is 2.11. The van der Waals surface area contributed by atoms with Crippen molar-refractivity contribution in [2.75, 3.05) is 32.5 Å². The van der Waals surface area contributed by atoms with Gasteiger partial charge in [-0.05, 0) is 31.4 Å².